The van der Waals surface area contributed by atoms with Crippen LogP contribution in [0.5, 0.6) is 5.75 Å². The number of hydrogen-bond acceptors (Lipinski definition) is 6. The fourth-order valence-electron chi connectivity index (χ4n) is 4.07. The Morgan fingerprint density at radius 1 is 1.06 bits per heavy atom. The molecule has 0 radical (unpaired) electrons. The molecule has 4 rings (SSSR count). The van der Waals surface area contributed by atoms with Gasteiger partial charge in [0.15, 0.2) is 5.75 Å². The van der Waals surface area contributed by atoms with Gasteiger partial charge in [0.25, 0.3) is 0 Å². The molecular weight excluding hydrogens is 424 g/mol. The van der Waals surface area contributed by atoms with E-state index < -0.39 is 15.3 Å². The summed E-state index contributed by atoms with van der Waals surface area (Å²) in [6.45, 7) is 5.45. The maximum Gasteiger partial charge on any atom is 0.216 e. The molecule has 1 aliphatic heterocycles. The average Bonchev–Trinajstić information content (AvgIpc) is 2.83. The highest BCUT2D eigenvalue weighted by molar-refractivity contribution is 7.89. The molecule has 7 nitrogen and oxygen atoms in total. The van der Waals surface area contributed by atoms with Crippen molar-refractivity contribution < 1.29 is 13.2 Å². The van der Waals surface area contributed by atoms with Crippen LogP contribution in [0.3, 0.4) is 0 Å². The SMILES string of the molecule is COc1c(N2CCN(S(=O)(=O)C(C)C)CC2)cnc2c(-c3ccc(C#N)cc3)cccc12. The van der Waals surface area contributed by atoms with Crippen molar-refractivity contribution in [2.45, 2.75) is 19.1 Å². The maximum absolute atomic E-state index is 12.5. The summed E-state index contributed by atoms with van der Waals surface area (Å²) in [5.41, 5.74) is 4.23. The van der Waals surface area contributed by atoms with Gasteiger partial charge in [-0.1, -0.05) is 24.3 Å². The molecule has 0 amide bonds. The predicted molar refractivity (Wildman–Crippen MR) is 126 cm³/mol. The molecule has 0 atom stereocenters. The first-order valence-electron chi connectivity index (χ1n) is 10.6. The van der Waals surface area contributed by atoms with Crippen molar-refractivity contribution in [2.75, 3.05) is 38.2 Å². The lowest BCUT2D eigenvalue weighted by atomic mass is 10.00. The first-order chi connectivity index (χ1) is 15.4. The van der Waals surface area contributed by atoms with Gasteiger partial charge in [-0.25, -0.2) is 8.42 Å². The lowest BCUT2D eigenvalue weighted by molar-refractivity contribution is 0.376. The van der Waals surface area contributed by atoms with E-state index in [0.717, 1.165) is 33.5 Å². The standard InChI is InChI=1S/C24H26N4O3S/c1-17(2)32(29,30)28-13-11-27(12-14-28)22-16-26-23-20(5-4-6-21(23)24(22)31-3)19-9-7-18(15-25)8-10-19/h4-10,16-17H,11-14H2,1-3H3. The van der Waals surface area contributed by atoms with Crippen LogP contribution in [0.1, 0.15) is 19.4 Å². The van der Waals surface area contributed by atoms with E-state index >= 15 is 0 Å². The summed E-state index contributed by atoms with van der Waals surface area (Å²) < 4.78 is 32.4. The summed E-state index contributed by atoms with van der Waals surface area (Å²) in [5, 5.41) is 9.53. The van der Waals surface area contributed by atoms with Crippen molar-refractivity contribution in [3.05, 3.63) is 54.2 Å². The number of benzene rings is 2. The Kier molecular flexibility index (Phi) is 6.04. The number of aromatic nitrogens is 1. The third-order valence-corrected chi connectivity index (χ3v) is 8.17. The van der Waals surface area contributed by atoms with Gasteiger partial charge in [0.1, 0.15) is 0 Å². The van der Waals surface area contributed by atoms with Crippen molar-refractivity contribution in [1.29, 1.82) is 5.26 Å². The third-order valence-electron chi connectivity index (χ3n) is 5.89. The van der Waals surface area contributed by atoms with Crippen LogP contribution in [-0.4, -0.2) is 56.2 Å². The molecule has 0 bridgehead atoms. The minimum absolute atomic E-state index is 0.424. The van der Waals surface area contributed by atoms with Crippen LogP contribution in [0.25, 0.3) is 22.0 Å². The van der Waals surface area contributed by atoms with E-state index in [1.54, 1.807) is 43.6 Å². The van der Waals surface area contributed by atoms with E-state index in [2.05, 4.69) is 11.0 Å². The van der Waals surface area contributed by atoms with Crippen LogP contribution in [-0.2, 0) is 10.0 Å². The molecule has 2 heterocycles. The highest BCUT2D eigenvalue weighted by Gasteiger charge is 2.30. The number of fused-ring (bicyclic) bond motifs is 1. The minimum atomic E-state index is -3.26. The Balaban J connectivity index is 1.68. The van der Waals surface area contributed by atoms with Crippen molar-refractivity contribution in [2.24, 2.45) is 0 Å². The van der Waals surface area contributed by atoms with E-state index in [1.807, 2.05) is 30.3 Å². The molecule has 8 heteroatoms. The van der Waals surface area contributed by atoms with Crippen LogP contribution in [0.15, 0.2) is 48.7 Å². The second-order valence-electron chi connectivity index (χ2n) is 8.05. The lowest BCUT2D eigenvalue weighted by Gasteiger charge is -2.36. The van der Waals surface area contributed by atoms with Crippen LogP contribution in [0.2, 0.25) is 0 Å². The van der Waals surface area contributed by atoms with Crippen LogP contribution >= 0.6 is 0 Å². The second-order valence-corrected chi connectivity index (χ2v) is 10.5. The highest BCUT2D eigenvalue weighted by atomic mass is 32.2. The van der Waals surface area contributed by atoms with Gasteiger partial charge in [0.05, 0.1) is 41.4 Å². The largest absolute Gasteiger partial charge is 0.494 e. The smallest absolute Gasteiger partial charge is 0.216 e. The van der Waals surface area contributed by atoms with Crippen LogP contribution in [0.4, 0.5) is 5.69 Å². The van der Waals surface area contributed by atoms with Gasteiger partial charge >= 0.3 is 0 Å². The van der Waals surface area contributed by atoms with E-state index in [1.165, 1.54) is 0 Å². The third kappa shape index (κ3) is 3.90. The first-order valence-corrected chi connectivity index (χ1v) is 12.1. The number of pyridine rings is 1. The lowest BCUT2D eigenvalue weighted by Crippen LogP contribution is -2.50. The minimum Gasteiger partial charge on any atom is -0.494 e. The zero-order valence-corrected chi connectivity index (χ0v) is 19.3. The highest BCUT2D eigenvalue weighted by Crippen LogP contribution is 2.39. The molecule has 0 spiro atoms. The number of methoxy groups -OCH3 is 1. The molecule has 1 aromatic heterocycles. The summed E-state index contributed by atoms with van der Waals surface area (Å²) in [7, 11) is -1.61. The summed E-state index contributed by atoms with van der Waals surface area (Å²) in [6.07, 6.45) is 1.81. The van der Waals surface area contributed by atoms with E-state index in [0.29, 0.717) is 31.7 Å². The van der Waals surface area contributed by atoms with Gasteiger partial charge in [-0.3, -0.25) is 4.98 Å². The van der Waals surface area contributed by atoms with Gasteiger partial charge < -0.3 is 9.64 Å². The van der Waals surface area contributed by atoms with Crippen molar-refractivity contribution >= 4 is 26.6 Å². The topological polar surface area (TPSA) is 86.5 Å². The average molecular weight is 451 g/mol. The maximum atomic E-state index is 12.5. The van der Waals surface area contributed by atoms with E-state index in [4.69, 9.17) is 15.0 Å². The second kappa shape index (κ2) is 8.77. The monoisotopic (exact) mass is 450 g/mol. The van der Waals surface area contributed by atoms with E-state index in [-0.39, 0.29) is 0 Å². The summed E-state index contributed by atoms with van der Waals surface area (Å²) in [6, 6.07) is 15.5. The Morgan fingerprint density at radius 3 is 2.34 bits per heavy atom. The van der Waals surface area contributed by atoms with E-state index in [9.17, 15) is 8.42 Å². The van der Waals surface area contributed by atoms with Crippen molar-refractivity contribution in [3.8, 4) is 22.9 Å². The number of anilines is 1. The molecule has 32 heavy (non-hydrogen) atoms. The van der Waals surface area contributed by atoms with Gasteiger partial charge in [0, 0.05) is 37.1 Å². The number of sulfonamides is 1. The quantitative estimate of drug-likeness (QED) is 0.590. The molecule has 2 aromatic carbocycles. The molecule has 1 aliphatic rings. The number of hydrogen-bond donors (Lipinski definition) is 0. The first kappa shape index (κ1) is 22.1. The zero-order chi connectivity index (χ0) is 22.9. The molecular formula is C24H26N4O3S. The predicted octanol–water partition coefficient (Wildman–Crippen LogP) is 3.64. The molecule has 166 valence electrons. The number of nitriles is 1. The summed E-state index contributed by atoms with van der Waals surface area (Å²) >= 11 is 0. The Labute approximate surface area is 188 Å². The molecule has 3 aromatic rings. The molecule has 0 saturated carbocycles. The molecule has 1 fully saturated rings. The number of para-hydroxylation sites is 1. The number of rotatable bonds is 5. The Morgan fingerprint density at radius 2 is 1.75 bits per heavy atom. The number of piperazine rings is 1. The van der Waals surface area contributed by atoms with Gasteiger partial charge in [-0.15, -0.1) is 0 Å². The van der Waals surface area contributed by atoms with Gasteiger partial charge in [-0.05, 0) is 37.6 Å². The fourth-order valence-corrected chi connectivity index (χ4v) is 5.34. The summed E-state index contributed by atoms with van der Waals surface area (Å²) in [5.74, 6) is 0.727. The van der Waals surface area contributed by atoms with Crippen molar-refractivity contribution in [3.63, 3.8) is 0 Å². The van der Waals surface area contributed by atoms with Crippen LogP contribution in [0, 0.1) is 11.3 Å². The number of nitrogens with zero attached hydrogens (tertiary/aromatic N) is 4. The molecule has 0 N–H and O–H groups in total. The summed E-state index contributed by atoms with van der Waals surface area (Å²) in [4.78, 5) is 6.89. The Bertz CT molecular complexity index is 1270. The van der Waals surface area contributed by atoms with Gasteiger partial charge in [-0.2, -0.15) is 9.57 Å². The van der Waals surface area contributed by atoms with Crippen LogP contribution < -0.4 is 9.64 Å². The van der Waals surface area contributed by atoms with Gasteiger partial charge in [0.2, 0.25) is 10.0 Å². The molecule has 0 unspecified atom stereocenters. The number of ether oxygens (including phenoxy) is 1. The zero-order valence-electron chi connectivity index (χ0n) is 18.4. The Hall–Kier alpha value is -3.15. The van der Waals surface area contributed by atoms with Crippen molar-refractivity contribution in [1.82, 2.24) is 9.29 Å². The normalized spacial score (nSPS) is 15.2. The molecule has 1 saturated heterocycles. The fraction of sp³-hybridized carbons (Fsp3) is 0.333. The molecule has 0 aliphatic carbocycles.